The Morgan fingerprint density at radius 1 is 1.50 bits per heavy atom. The molecule has 0 aromatic carbocycles. The molecule has 0 amide bonds. The molecule has 1 spiro atoms. The first kappa shape index (κ1) is 16.3. The van der Waals surface area contributed by atoms with Gasteiger partial charge in [0.1, 0.15) is 0 Å². The van der Waals surface area contributed by atoms with E-state index in [1.807, 2.05) is 0 Å². The average molecular weight is 386 g/mol. The first-order valence-corrected chi connectivity index (χ1v) is 9.67. The Kier molecular flexibility index (Phi) is 5.42. The molecule has 1 aromatic rings. The molecule has 1 atom stereocenters. The van der Waals surface area contributed by atoms with Crippen LogP contribution in [0.4, 0.5) is 0 Å². The van der Waals surface area contributed by atoms with E-state index < -0.39 is 0 Å². The van der Waals surface area contributed by atoms with Crippen LogP contribution in [-0.2, 0) is 11.2 Å². The fourth-order valence-corrected chi connectivity index (χ4v) is 4.74. The molecule has 0 aliphatic carbocycles. The van der Waals surface area contributed by atoms with Gasteiger partial charge in [0.25, 0.3) is 0 Å². The monoisotopic (exact) mass is 385 g/mol. The van der Waals surface area contributed by atoms with Crippen molar-refractivity contribution in [1.29, 1.82) is 0 Å². The van der Waals surface area contributed by atoms with Gasteiger partial charge in [0.15, 0.2) is 5.96 Å². The van der Waals surface area contributed by atoms with E-state index in [4.69, 9.17) is 9.73 Å². The Morgan fingerprint density at radius 2 is 2.41 bits per heavy atom. The van der Waals surface area contributed by atoms with Crippen molar-refractivity contribution in [3.05, 3.63) is 20.8 Å². The Hall–Kier alpha value is -0.590. The molecule has 2 aliphatic rings. The first-order valence-electron chi connectivity index (χ1n) is 8.06. The molecule has 3 heterocycles. The first-order chi connectivity index (χ1) is 10.7. The lowest BCUT2D eigenvalue weighted by molar-refractivity contribution is 0.156. The van der Waals surface area contributed by atoms with Gasteiger partial charge in [0.05, 0.1) is 10.4 Å². The van der Waals surface area contributed by atoms with Crippen LogP contribution in [0.1, 0.15) is 24.6 Å². The zero-order chi connectivity index (χ0) is 15.4. The van der Waals surface area contributed by atoms with Crippen molar-refractivity contribution in [2.45, 2.75) is 26.2 Å². The second kappa shape index (κ2) is 7.32. The smallest absolute Gasteiger partial charge is 0.193 e. The quantitative estimate of drug-likeness (QED) is 0.638. The minimum Gasteiger partial charge on any atom is -0.381 e. The van der Waals surface area contributed by atoms with E-state index in [-0.39, 0.29) is 0 Å². The van der Waals surface area contributed by atoms with Gasteiger partial charge < -0.3 is 15.0 Å². The molecule has 22 heavy (non-hydrogen) atoms. The van der Waals surface area contributed by atoms with Crippen LogP contribution in [-0.4, -0.2) is 50.3 Å². The topological polar surface area (TPSA) is 36.9 Å². The Bertz CT molecular complexity index is 525. The number of guanidine groups is 1. The Morgan fingerprint density at radius 3 is 3.09 bits per heavy atom. The zero-order valence-electron chi connectivity index (χ0n) is 13.1. The number of nitrogens with zero attached hydrogens (tertiary/aromatic N) is 2. The summed E-state index contributed by atoms with van der Waals surface area (Å²) in [5.74, 6) is 1.07. The lowest BCUT2D eigenvalue weighted by Gasteiger charge is -2.24. The second-order valence-electron chi connectivity index (χ2n) is 6.17. The van der Waals surface area contributed by atoms with Crippen molar-refractivity contribution >= 4 is 33.2 Å². The third kappa shape index (κ3) is 3.84. The van der Waals surface area contributed by atoms with Gasteiger partial charge in [-0.3, -0.25) is 4.99 Å². The van der Waals surface area contributed by atoms with Crippen LogP contribution in [0.2, 0.25) is 0 Å². The van der Waals surface area contributed by atoms with E-state index in [2.05, 4.69) is 45.2 Å². The van der Waals surface area contributed by atoms with Crippen molar-refractivity contribution in [2.75, 3.05) is 39.4 Å². The van der Waals surface area contributed by atoms with Gasteiger partial charge in [0, 0.05) is 49.5 Å². The van der Waals surface area contributed by atoms with Crippen LogP contribution in [0, 0.1) is 5.41 Å². The van der Waals surface area contributed by atoms with Gasteiger partial charge in [-0.1, -0.05) is 0 Å². The van der Waals surface area contributed by atoms with Crippen LogP contribution < -0.4 is 5.32 Å². The van der Waals surface area contributed by atoms with E-state index in [9.17, 15) is 0 Å². The van der Waals surface area contributed by atoms with E-state index in [1.54, 1.807) is 11.3 Å². The average Bonchev–Trinajstić information content (AvgIpc) is 3.22. The number of ether oxygens (including phenoxy) is 1. The normalized spacial score (nSPS) is 25.4. The maximum absolute atomic E-state index is 5.62. The lowest BCUT2D eigenvalue weighted by Crippen LogP contribution is -2.41. The van der Waals surface area contributed by atoms with Crippen LogP contribution in [0.5, 0.6) is 0 Å². The summed E-state index contributed by atoms with van der Waals surface area (Å²) in [7, 11) is 0. The zero-order valence-corrected chi connectivity index (χ0v) is 15.5. The van der Waals surface area contributed by atoms with Gasteiger partial charge >= 0.3 is 0 Å². The summed E-state index contributed by atoms with van der Waals surface area (Å²) >= 11 is 5.31. The predicted molar refractivity (Wildman–Crippen MR) is 95.8 cm³/mol. The molecule has 2 aliphatic heterocycles. The van der Waals surface area contributed by atoms with E-state index in [0.29, 0.717) is 5.41 Å². The third-order valence-corrected chi connectivity index (χ3v) is 6.19. The number of aliphatic imine (C=N–C) groups is 1. The van der Waals surface area contributed by atoms with Crippen molar-refractivity contribution in [1.82, 2.24) is 10.2 Å². The van der Waals surface area contributed by atoms with Crippen molar-refractivity contribution < 1.29 is 4.74 Å². The molecule has 6 heteroatoms. The highest BCUT2D eigenvalue weighted by molar-refractivity contribution is 9.11. The van der Waals surface area contributed by atoms with E-state index >= 15 is 0 Å². The minimum atomic E-state index is 0.384. The molecule has 1 aromatic heterocycles. The van der Waals surface area contributed by atoms with E-state index in [1.165, 1.54) is 21.5 Å². The van der Waals surface area contributed by atoms with Crippen LogP contribution >= 0.6 is 27.3 Å². The van der Waals surface area contributed by atoms with Crippen molar-refractivity contribution in [3.63, 3.8) is 0 Å². The third-order valence-electron chi connectivity index (χ3n) is 4.51. The number of thiophene rings is 1. The van der Waals surface area contributed by atoms with Crippen LogP contribution in [0.3, 0.4) is 0 Å². The molecule has 122 valence electrons. The van der Waals surface area contributed by atoms with Gasteiger partial charge in [-0.15, -0.1) is 11.3 Å². The maximum atomic E-state index is 5.62. The Labute approximate surface area is 145 Å². The molecule has 0 bridgehead atoms. The molecule has 3 rings (SSSR count). The molecule has 4 nitrogen and oxygen atoms in total. The highest BCUT2D eigenvalue weighted by Gasteiger charge is 2.42. The fraction of sp³-hybridized carbons (Fsp3) is 0.688. The summed E-state index contributed by atoms with van der Waals surface area (Å²) in [5, 5.41) is 3.45. The van der Waals surface area contributed by atoms with Gasteiger partial charge in [0.2, 0.25) is 0 Å². The molecular weight excluding hydrogens is 362 g/mol. The molecule has 0 saturated carbocycles. The highest BCUT2D eigenvalue weighted by Crippen LogP contribution is 2.38. The molecule has 1 unspecified atom stereocenters. The largest absolute Gasteiger partial charge is 0.381 e. The predicted octanol–water partition coefficient (Wildman–Crippen LogP) is 3.13. The minimum absolute atomic E-state index is 0.384. The number of likely N-dealkylation sites (tertiary alicyclic amines) is 1. The second-order valence-corrected chi connectivity index (χ2v) is 8.71. The maximum Gasteiger partial charge on any atom is 0.193 e. The van der Waals surface area contributed by atoms with E-state index in [0.717, 1.165) is 51.8 Å². The summed E-state index contributed by atoms with van der Waals surface area (Å²) in [6, 6.07) is 4.29. The molecule has 1 N–H and O–H groups in total. The molecule has 2 fully saturated rings. The molecular formula is C16H24BrN3OS. The summed E-state index contributed by atoms with van der Waals surface area (Å²) in [6.07, 6.45) is 3.44. The van der Waals surface area contributed by atoms with Crippen LogP contribution in [0.25, 0.3) is 0 Å². The number of hydrogen-bond acceptors (Lipinski definition) is 3. The molecule has 0 radical (unpaired) electrons. The van der Waals surface area contributed by atoms with Gasteiger partial charge in [-0.2, -0.15) is 0 Å². The van der Waals surface area contributed by atoms with Crippen molar-refractivity contribution in [3.8, 4) is 0 Å². The lowest BCUT2D eigenvalue weighted by atomic mass is 9.87. The number of hydrogen-bond donors (Lipinski definition) is 1. The summed E-state index contributed by atoms with van der Waals surface area (Å²) < 4.78 is 6.82. The summed E-state index contributed by atoms with van der Waals surface area (Å²) in [5.41, 5.74) is 0.384. The standard InChI is InChI=1S/C16H24BrN3OS/c1-2-18-15(19-8-5-13-3-4-14(17)22-13)20-9-6-16(11-20)7-10-21-12-16/h3-4H,2,5-12H2,1H3,(H,18,19). The highest BCUT2D eigenvalue weighted by atomic mass is 79.9. The number of nitrogens with one attached hydrogen (secondary N) is 1. The van der Waals surface area contributed by atoms with Gasteiger partial charge in [-0.05, 0) is 47.8 Å². The van der Waals surface area contributed by atoms with Crippen LogP contribution in [0.15, 0.2) is 20.9 Å². The fourth-order valence-electron chi connectivity index (χ4n) is 3.27. The Balaban J connectivity index is 1.58. The SMILES string of the molecule is CCNC(=NCCc1ccc(Br)s1)N1CCC2(CCOC2)C1. The summed E-state index contributed by atoms with van der Waals surface area (Å²) in [4.78, 5) is 8.64. The number of halogens is 1. The van der Waals surface area contributed by atoms with Crippen molar-refractivity contribution in [2.24, 2.45) is 10.4 Å². The van der Waals surface area contributed by atoms with Gasteiger partial charge in [-0.25, -0.2) is 0 Å². The number of rotatable bonds is 4. The summed E-state index contributed by atoms with van der Waals surface area (Å²) in [6.45, 7) is 7.93. The molecule has 2 saturated heterocycles.